The lowest BCUT2D eigenvalue weighted by Crippen LogP contribution is -2.61. The number of benzene rings is 1. The van der Waals surface area contributed by atoms with E-state index in [9.17, 15) is 24.3 Å². The number of carbonyl (C=O) groups is 4. The van der Waals surface area contributed by atoms with E-state index in [1.807, 2.05) is 13.8 Å². The van der Waals surface area contributed by atoms with E-state index >= 15 is 0 Å². The van der Waals surface area contributed by atoms with Crippen molar-refractivity contribution in [2.75, 3.05) is 16.8 Å². The number of fused-ring (bicyclic) bond motifs is 1. The van der Waals surface area contributed by atoms with E-state index in [1.165, 1.54) is 9.80 Å². The molecule has 4 amide bonds. The van der Waals surface area contributed by atoms with Gasteiger partial charge in [-0.1, -0.05) is 39.8 Å². The van der Waals surface area contributed by atoms with Crippen LogP contribution in [0.3, 0.4) is 0 Å². The molecule has 0 unspecified atom stereocenters. The summed E-state index contributed by atoms with van der Waals surface area (Å²) in [7, 11) is 0. The standard InChI is InChI=1S/C22H30N4O5/c1-12(2)17(20(28)25-11-7-10-16(25)21(29)30)24-22(31)26-15-9-6-5-8-14(15)23-19(27)18(26)13(3)4/h5-6,8-9,12-13,16-18H,7,10-11H2,1-4H3,(H,23,27)(H,24,31)(H,29,30)/t16-,17+,18+/m1/s1. The van der Waals surface area contributed by atoms with Crippen molar-refractivity contribution in [3.8, 4) is 0 Å². The fourth-order valence-corrected chi connectivity index (χ4v) is 4.28. The van der Waals surface area contributed by atoms with Gasteiger partial charge < -0.3 is 20.6 Å². The highest BCUT2D eigenvalue weighted by molar-refractivity contribution is 6.12. The van der Waals surface area contributed by atoms with Gasteiger partial charge in [0, 0.05) is 6.54 Å². The number of nitrogens with zero attached hydrogens (tertiary/aromatic N) is 2. The first-order chi connectivity index (χ1) is 14.6. The molecule has 9 nitrogen and oxygen atoms in total. The van der Waals surface area contributed by atoms with Crippen molar-refractivity contribution in [2.45, 2.75) is 58.7 Å². The van der Waals surface area contributed by atoms with Crippen LogP contribution in [0.2, 0.25) is 0 Å². The summed E-state index contributed by atoms with van der Waals surface area (Å²) >= 11 is 0. The van der Waals surface area contributed by atoms with Crippen LogP contribution in [-0.2, 0) is 14.4 Å². The van der Waals surface area contributed by atoms with Crippen LogP contribution in [0.25, 0.3) is 0 Å². The lowest BCUT2D eigenvalue weighted by atomic mass is 9.97. The van der Waals surface area contributed by atoms with E-state index in [0.717, 1.165) is 0 Å². The predicted octanol–water partition coefficient (Wildman–Crippen LogP) is 2.28. The maximum atomic E-state index is 13.4. The Balaban J connectivity index is 1.90. The van der Waals surface area contributed by atoms with E-state index in [2.05, 4.69) is 10.6 Å². The summed E-state index contributed by atoms with van der Waals surface area (Å²) in [5.74, 6) is -2.17. The Morgan fingerprint density at radius 3 is 2.45 bits per heavy atom. The zero-order valence-corrected chi connectivity index (χ0v) is 18.3. The Hall–Kier alpha value is -3.10. The number of carboxylic acid groups (broad SMARTS) is 1. The molecule has 0 radical (unpaired) electrons. The molecule has 1 saturated heterocycles. The van der Waals surface area contributed by atoms with Crippen molar-refractivity contribution in [3.05, 3.63) is 24.3 Å². The third-order valence-corrected chi connectivity index (χ3v) is 5.85. The Kier molecular flexibility index (Phi) is 6.52. The van der Waals surface area contributed by atoms with Crippen LogP contribution in [0.5, 0.6) is 0 Å². The number of amides is 4. The van der Waals surface area contributed by atoms with Crippen LogP contribution in [0.1, 0.15) is 40.5 Å². The number of carboxylic acids is 1. The van der Waals surface area contributed by atoms with Gasteiger partial charge in [0.25, 0.3) is 0 Å². The van der Waals surface area contributed by atoms with Gasteiger partial charge in [-0.2, -0.15) is 0 Å². The highest BCUT2D eigenvalue weighted by Gasteiger charge is 2.42. The first-order valence-corrected chi connectivity index (χ1v) is 10.7. The Bertz CT molecular complexity index is 884. The van der Waals surface area contributed by atoms with E-state index in [0.29, 0.717) is 30.8 Å². The number of para-hydroxylation sites is 2. The number of hydrogen-bond acceptors (Lipinski definition) is 4. The number of nitrogens with one attached hydrogen (secondary N) is 2. The predicted molar refractivity (Wildman–Crippen MR) is 116 cm³/mol. The number of likely N-dealkylation sites (tertiary alicyclic amines) is 1. The highest BCUT2D eigenvalue weighted by atomic mass is 16.4. The average molecular weight is 431 g/mol. The van der Waals surface area contributed by atoms with Gasteiger partial charge in [-0.15, -0.1) is 0 Å². The Labute approximate surface area is 181 Å². The maximum absolute atomic E-state index is 13.4. The van der Waals surface area contributed by atoms with Crippen molar-refractivity contribution in [1.82, 2.24) is 10.2 Å². The maximum Gasteiger partial charge on any atom is 0.326 e. The minimum atomic E-state index is -1.04. The number of urea groups is 1. The topological polar surface area (TPSA) is 119 Å². The summed E-state index contributed by atoms with van der Waals surface area (Å²) in [6, 6.07) is 3.93. The molecular formula is C22H30N4O5. The van der Waals surface area contributed by atoms with Crippen molar-refractivity contribution < 1.29 is 24.3 Å². The molecule has 168 valence electrons. The Morgan fingerprint density at radius 1 is 1.16 bits per heavy atom. The number of hydrogen-bond donors (Lipinski definition) is 3. The number of aliphatic carboxylic acids is 1. The second-order valence-corrected chi connectivity index (χ2v) is 8.76. The molecule has 2 aliphatic rings. The van der Waals surface area contributed by atoms with Gasteiger partial charge in [0.05, 0.1) is 11.4 Å². The van der Waals surface area contributed by atoms with Crippen molar-refractivity contribution in [2.24, 2.45) is 11.8 Å². The van der Waals surface area contributed by atoms with Crippen molar-refractivity contribution in [1.29, 1.82) is 0 Å². The molecule has 0 spiro atoms. The summed E-state index contributed by atoms with van der Waals surface area (Å²) in [6.07, 6.45) is 1.01. The fourth-order valence-electron chi connectivity index (χ4n) is 4.28. The van der Waals surface area contributed by atoms with E-state index in [4.69, 9.17) is 0 Å². The minimum Gasteiger partial charge on any atom is -0.480 e. The molecular weight excluding hydrogens is 400 g/mol. The molecule has 0 aromatic heterocycles. The van der Waals surface area contributed by atoms with Crippen LogP contribution in [0, 0.1) is 11.8 Å². The molecule has 1 aromatic carbocycles. The fraction of sp³-hybridized carbons (Fsp3) is 0.545. The molecule has 0 saturated carbocycles. The average Bonchev–Trinajstić information content (AvgIpc) is 3.20. The molecule has 31 heavy (non-hydrogen) atoms. The van der Waals surface area contributed by atoms with Gasteiger partial charge in [-0.3, -0.25) is 14.5 Å². The first kappa shape index (κ1) is 22.6. The molecule has 1 aromatic rings. The number of carbonyl (C=O) groups excluding carboxylic acids is 3. The smallest absolute Gasteiger partial charge is 0.326 e. The van der Waals surface area contributed by atoms with Crippen LogP contribution >= 0.6 is 0 Å². The van der Waals surface area contributed by atoms with Gasteiger partial charge in [0.15, 0.2) is 0 Å². The molecule has 3 rings (SSSR count). The second-order valence-electron chi connectivity index (χ2n) is 8.76. The quantitative estimate of drug-likeness (QED) is 0.662. The van der Waals surface area contributed by atoms with Gasteiger partial charge in [-0.05, 0) is 36.8 Å². The molecule has 0 bridgehead atoms. The zero-order chi connectivity index (χ0) is 22.9. The minimum absolute atomic E-state index is 0.165. The summed E-state index contributed by atoms with van der Waals surface area (Å²) < 4.78 is 0. The molecule has 3 N–H and O–H groups in total. The molecule has 9 heteroatoms. The summed E-state index contributed by atoms with van der Waals surface area (Å²) in [6.45, 7) is 7.64. The number of anilines is 2. The largest absolute Gasteiger partial charge is 0.480 e. The van der Waals surface area contributed by atoms with E-state index < -0.39 is 36.0 Å². The van der Waals surface area contributed by atoms with Gasteiger partial charge in [0.1, 0.15) is 18.1 Å². The SMILES string of the molecule is CC(C)[C@H](NC(=O)N1c2ccccc2NC(=O)[C@@H]1C(C)C)C(=O)N1CCC[C@@H]1C(=O)O. The molecule has 1 fully saturated rings. The second kappa shape index (κ2) is 8.95. The van der Waals surface area contributed by atoms with Gasteiger partial charge in [-0.25, -0.2) is 9.59 Å². The summed E-state index contributed by atoms with van der Waals surface area (Å²) in [4.78, 5) is 53.6. The molecule has 2 aliphatic heterocycles. The third kappa shape index (κ3) is 4.35. The van der Waals surface area contributed by atoms with Crippen LogP contribution in [-0.4, -0.2) is 58.5 Å². The Morgan fingerprint density at radius 2 is 1.84 bits per heavy atom. The van der Waals surface area contributed by atoms with Gasteiger partial charge >= 0.3 is 12.0 Å². The van der Waals surface area contributed by atoms with E-state index in [-0.39, 0.29) is 17.7 Å². The van der Waals surface area contributed by atoms with Crippen LogP contribution in [0.4, 0.5) is 16.2 Å². The van der Waals surface area contributed by atoms with Crippen molar-refractivity contribution >= 4 is 35.2 Å². The number of rotatable bonds is 5. The lowest BCUT2D eigenvalue weighted by Gasteiger charge is -2.39. The highest BCUT2D eigenvalue weighted by Crippen LogP contribution is 2.34. The van der Waals surface area contributed by atoms with Gasteiger partial charge in [0.2, 0.25) is 11.8 Å². The summed E-state index contributed by atoms with van der Waals surface area (Å²) in [5.41, 5.74) is 1.08. The monoisotopic (exact) mass is 430 g/mol. The lowest BCUT2D eigenvalue weighted by molar-refractivity contribution is -0.149. The zero-order valence-electron chi connectivity index (χ0n) is 18.3. The van der Waals surface area contributed by atoms with Crippen LogP contribution in [0.15, 0.2) is 24.3 Å². The first-order valence-electron chi connectivity index (χ1n) is 10.7. The summed E-state index contributed by atoms with van der Waals surface area (Å²) in [5, 5.41) is 15.1. The van der Waals surface area contributed by atoms with Crippen LogP contribution < -0.4 is 15.5 Å². The molecule has 0 aliphatic carbocycles. The van der Waals surface area contributed by atoms with Crippen molar-refractivity contribution in [3.63, 3.8) is 0 Å². The molecule has 3 atom stereocenters. The normalized spacial score (nSPS) is 21.7. The molecule has 2 heterocycles. The third-order valence-electron chi connectivity index (χ3n) is 5.85. The van der Waals surface area contributed by atoms with E-state index in [1.54, 1.807) is 38.1 Å².